The van der Waals surface area contributed by atoms with Gasteiger partial charge in [-0.25, -0.2) is 0 Å². The number of aliphatic hydroxyl groups excluding tert-OH is 1. The van der Waals surface area contributed by atoms with Crippen LogP contribution in [0.3, 0.4) is 0 Å². The molecule has 2 aromatic carbocycles. The van der Waals surface area contributed by atoms with Crippen LogP contribution in [0, 0.1) is 15.5 Å². The van der Waals surface area contributed by atoms with Crippen molar-refractivity contribution in [1.29, 1.82) is 0 Å². The molecule has 1 aliphatic carbocycles. The Balaban J connectivity index is 1.89. The van der Waals surface area contributed by atoms with Gasteiger partial charge in [0, 0.05) is 24.4 Å². The van der Waals surface area contributed by atoms with E-state index < -0.39 is 10.3 Å². The number of nitrogens with one attached hydrogen (secondary N) is 1. The van der Waals surface area contributed by atoms with E-state index in [0.717, 1.165) is 5.56 Å². The smallest absolute Gasteiger partial charge is 0.271 e. The third-order valence-corrected chi connectivity index (χ3v) is 5.49. The Morgan fingerprint density at radius 3 is 2.40 bits per heavy atom. The number of non-ortho nitro benzene ring substituents is 1. The van der Waals surface area contributed by atoms with E-state index in [1.807, 2.05) is 0 Å². The number of aliphatic hydroxyl groups is 1. The predicted octanol–water partition coefficient (Wildman–Crippen LogP) is 3.12. The van der Waals surface area contributed by atoms with Crippen LogP contribution >= 0.6 is 0 Å². The van der Waals surface area contributed by atoms with Crippen LogP contribution < -0.4 is 19.5 Å². The van der Waals surface area contributed by atoms with E-state index in [2.05, 4.69) is 5.32 Å². The lowest BCUT2D eigenvalue weighted by molar-refractivity contribution is -0.384. The first-order valence-corrected chi connectivity index (χ1v) is 9.36. The number of carbonyl (C=O) groups is 1. The zero-order valence-corrected chi connectivity index (χ0v) is 17.0. The van der Waals surface area contributed by atoms with Crippen LogP contribution in [0.2, 0.25) is 0 Å². The van der Waals surface area contributed by atoms with Crippen molar-refractivity contribution in [3.05, 3.63) is 52.1 Å². The number of amides is 1. The maximum Gasteiger partial charge on any atom is 0.271 e. The molecule has 2 unspecified atom stereocenters. The molecule has 0 radical (unpaired) electrons. The maximum atomic E-state index is 13.1. The quantitative estimate of drug-likeness (QED) is 0.476. The topological polar surface area (TPSA) is 120 Å². The Labute approximate surface area is 173 Å². The monoisotopic (exact) mass is 416 g/mol. The second-order valence-electron chi connectivity index (χ2n) is 7.11. The van der Waals surface area contributed by atoms with E-state index in [9.17, 15) is 20.0 Å². The molecule has 0 spiro atoms. The van der Waals surface area contributed by atoms with E-state index in [1.54, 1.807) is 18.2 Å². The van der Waals surface area contributed by atoms with Crippen molar-refractivity contribution in [2.45, 2.75) is 18.8 Å². The molecule has 1 fully saturated rings. The lowest BCUT2D eigenvalue weighted by Crippen LogP contribution is -2.27. The number of anilines is 1. The highest BCUT2D eigenvalue weighted by molar-refractivity contribution is 5.98. The average Bonchev–Trinajstić information content (AvgIpc) is 3.48. The zero-order chi connectivity index (χ0) is 21.9. The minimum atomic E-state index is -0.829. The molecular formula is C21H24N2O7. The normalized spacial score (nSPS) is 19.7. The van der Waals surface area contributed by atoms with Gasteiger partial charge in [0.1, 0.15) is 0 Å². The molecule has 30 heavy (non-hydrogen) atoms. The first kappa shape index (κ1) is 21.4. The molecule has 2 N–H and O–H groups in total. The number of rotatable bonds is 9. The van der Waals surface area contributed by atoms with Gasteiger partial charge < -0.3 is 24.6 Å². The van der Waals surface area contributed by atoms with Gasteiger partial charge in [-0.05, 0) is 42.5 Å². The van der Waals surface area contributed by atoms with Crippen LogP contribution in [0.25, 0.3) is 0 Å². The van der Waals surface area contributed by atoms with E-state index in [-0.39, 0.29) is 30.5 Å². The number of hydrogen-bond acceptors (Lipinski definition) is 7. The standard InChI is InChI=1S/C21H24N2O7/c1-28-17-9-13(10-18(29-2)19(17)30-3)16-12-21(16,7-8-24)20(25)22-14-5-4-6-15(11-14)23(26)27/h4-6,9-11,16,24H,7-8,12H2,1-3H3,(H,22,25). The van der Waals surface area contributed by atoms with Gasteiger partial charge >= 0.3 is 0 Å². The molecule has 0 heterocycles. The number of carbonyl (C=O) groups excluding carboxylic acids is 1. The highest BCUT2D eigenvalue weighted by atomic mass is 16.6. The van der Waals surface area contributed by atoms with Gasteiger partial charge in [-0.1, -0.05) is 6.07 Å². The summed E-state index contributed by atoms with van der Waals surface area (Å²) in [5.74, 6) is 0.956. The zero-order valence-electron chi connectivity index (χ0n) is 17.0. The largest absolute Gasteiger partial charge is 0.493 e. The first-order valence-electron chi connectivity index (χ1n) is 9.36. The summed E-state index contributed by atoms with van der Waals surface area (Å²) in [6.45, 7) is -0.163. The third-order valence-electron chi connectivity index (χ3n) is 5.49. The summed E-state index contributed by atoms with van der Waals surface area (Å²) in [6, 6.07) is 9.36. The Morgan fingerprint density at radius 2 is 1.87 bits per heavy atom. The fourth-order valence-electron chi connectivity index (χ4n) is 3.84. The van der Waals surface area contributed by atoms with Crippen LogP contribution in [0.15, 0.2) is 36.4 Å². The van der Waals surface area contributed by atoms with Gasteiger partial charge in [-0.15, -0.1) is 0 Å². The molecule has 1 amide bonds. The SMILES string of the molecule is COc1cc(C2CC2(CCO)C(=O)Nc2cccc([N+](=O)[O-])c2)cc(OC)c1OC. The van der Waals surface area contributed by atoms with Crippen LogP contribution in [-0.4, -0.2) is 43.9 Å². The Kier molecular flexibility index (Phi) is 6.12. The van der Waals surface area contributed by atoms with Gasteiger partial charge in [-0.3, -0.25) is 14.9 Å². The number of hydrogen-bond donors (Lipinski definition) is 2. The first-order chi connectivity index (χ1) is 14.4. The van der Waals surface area contributed by atoms with Gasteiger partial charge in [0.15, 0.2) is 11.5 Å². The number of nitro benzene ring substituents is 1. The molecule has 1 saturated carbocycles. The Morgan fingerprint density at radius 1 is 1.20 bits per heavy atom. The minimum Gasteiger partial charge on any atom is -0.493 e. The average molecular weight is 416 g/mol. The van der Waals surface area contributed by atoms with Crippen molar-refractivity contribution in [2.75, 3.05) is 33.3 Å². The summed E-state index contributed by atoms with van der Waals surface area (Å²) in [5.41, 5.74) is 0.222. The minimum absolute atomic E-state index is 0.110. The molecule has 3 rings (SSSR count). The fraction of sp³-hybridized carbons (Fsp3) is 0.381. The summed E-state index contributed by atoms with van der Waals surface area (Å²) in [5, 5.41) is 23.3. The second-order valence-corrected chi connectivity index (χ2v) is 7.11. The Bertz CT molecular complexity index is 937. The molecule has 2 aromatic rings. The molecule has 160 valence electrons. The Hall–Kier alpha value is -3.33. The van der Waals surface area contributed by atoms with Crippen molar-refractivity contribution in [2.24, 2.45) is 5.41 Å². The molecule has 0 aromatic heterocycles. The summed E-state index contributed by atoms with van der Waals surface area (Å²) >= 11 is 0. The molecule has 2 atom stereocenters. The lowest BCUT2D eigenvalue weighted by atomic mass is 9.94. The predicted molar refractivity (Wildman–Crippen MR) is 109 cm³/mol. The van der Waals surface area contributed by atoms with Crippen LogP contribution in [0.5, 0.6) is 17.2 Å². The van der Waals surface area contributed by atoms with Crippen molar-refractivity contribution < 1.29 is 29.0 Å². The molecular weight excluding hydrogens is 392 g/mol. The number of benzene rings is 2. The van der Waals surface area contributed by atoms with Crippen LogP contribution in [0.4, 0.5) is 11.4 Å². The number of methoxy groups -OCH3 is 3. The summed E-state index contributed by atoms with van der Waals surface area (Å²) < 4.78 is 16.1. The summed E-state index contributed by atoms with van der Waals surface area (Å²) in [6.07, 6.45) is 0.780. The maximum absolute atomic E-state index is 13.1. The fourth-order valence-corrected chi connectivity index (χ4v) is 3.84. The molecule has 0 saturated heterocycles. The summed E-state index contributed by atoms with van der Waals surface area (Å²) in [4.78, 5) is 23.6. The van der Waals surface area contributed by atoms with Crippen LogP contribution in [0.1, 0.15) is 24.3 Å². The van der Waals surface area contributed by atoms with Crippen molar-refractivity contribution in [3.8, 4) is 17.2 Å². The number of nitrogens with zero attached hydrogens (tertiary/aromatic N) is 1. The van der Waals surface area contributed by atoms with Gasteiger partial charge in [0.05, 0.1) is 31.7 Å². The lowest BCUT2D eigenvalue weighted by Gasteiger charge is -2.18. The molecule has 9 heteroatoms. The number of ether oxygens (including phenoxy) is 3. The van der Waals surface area contributed by atoms with Crippen molar-refractivity contribution >= 4 is 17.3 Å². The molecule has 0 bridgehead atoms. The summed E-state index contributed by atoms with van der Waals surface area (Å²) in [7, 11) is 4.55. The van der Waals surface area contributed by atoms with E-state index in [0.29, 0.717) is 29.4 Å². The second kappa shape index (κ2) is 8.58. The van der Waals surface area contributed by atoms with Crippen molar-refractivity contribution in [3.63, 3.8) is 0 Å². The van der Waals surface area contributed by atoms with Gasteiger partial charge in [0.25, 0.3) is 5.69 Å². The van der Waals surface area contributed by atoms with E-state index >= 15 is 0 Å². The molecule has 0 aliphatic heterocycles. The van der Waals surface area contributed by atoms with Crippen molar-refractivity contribution in [1.82, 2.24) is 0 Å². The molecule has 9 nitrogen and oxygen atoms in total. The highest BCUT2D eigenvalue weighted by Crippen LogP contribution is 2.63. The van der Waals surface area contributed by atoms with Gasteiger partial charge in [-0.2, -0.15) is 0 Å². The van der Waals surface area contributed by atoms with E-state index in [1.165, 1.54) is 39.5 Å². The van der Waals surface area contributed by atoms with Gasteiger partial charge in [0.2, 0.25) is 11.7 Å². The van der Waals surface area contributed by atoms with E-state index in [4.69, 9.17) is 14.2 Å². The molecule has 1 aliphatic rings. The third kappa shape index (κ3) is 3.88. The highest BCUT2D eigenvalue weighted by Gasteiger charge is 2.60. The van der Waals surface area contributed by atoms with Crippen LogP contribution in [-0.2, 0) is 4.79 Å². The number of nitro groups is 1.